The summed E-state index contributed by atoms with van der Waals surface area (Å²) in [4.78, 5) is 12.0. The Balaban J connectivity index is 1.76. The molecule has 2 amide bonds. The molecule has 6 heteroatoms. The third kappa shape index (κ3) is 2.67. The quantitative estimate of drug-likeness (QED) is 0.672. The number of rotatable bonds is 2. The number of urea groups is 1. The number of aromatic amines is 1. The third-order valence-corrected chi connectivity index (χ3v) is 2.95. The Hall–Kier alpha value is -3.33. The number of carbonyl (C=O) groups is 1. The van der Waals surface area contributed by atoms with E-state index in [2.05, 4.69) is 20.8 Å². The van der Waals surface area contributed by atoms with Crippen molar-refractivity contribution < 1.29 is 4.79 Å². The average Bonchev–Trinajstić information content (AvgIpc) is 2.91. The van der Waals surface area contributed by atoms with Gasteiger partial charge in [-0.1, -0.05) is 18.2 Å². The monoisotopic (exact) mass is 277 g/mol. The predicted molar refractivity (Wildman–Crippen MR) is 79.9 cm³/mol. The Kier molecular flexibility index (Phi) is 3.23. The first-order chi connectivity index (χ1) is 10.3. The Morgan fingerprint density at radius 1 is 1.14 bits per heavy atom. The highest BCUT2D eigenvalue weighted by molar-refractivity contribution is 6.04. The van der Waals surface area contributed by atoms with E-state index in [-0.39, 0.29) is 0 Å². The summed E-state index contributed by atoms with van der Waals surface area (Å²) in [5.74, 6) is 0.458. The zero-order chi connectivity index (χ0) is 14.7. The lowest BCUT2D eigenvalue weighted by atomic mass is 10.2. The maximum absolute atomic E-state index is 12.0. The van der Waals surface area contributed by atoms with Gasteiger partial charge in [0.25, 0.3) is 0 Å². The molecule has 102 valence electrons. The number of amides is 2. The Labute approximate surface area is 120 Å². The summed E-state index contributed by atoms with van der Waals surface area (Å²) < 4.78 is 0. The molecule has 0 bridgehead atoms. The first-order valence-electron chi connectivity index (χ1n) is 6.27. The number of aromatic nitrogens is 2. The van der Waals surface area contributed by atoms with E-state index < -0.39 is 6.03 Å². The van der Waals surface area contributed by atoms with Gasteiger partial charge < -0.3 is 5.32 Å². The van der Waals surface area contributed by atoms with Crippen molar-refractivity contribution in [1.82, 2.24) is 10.2 Å². The molecule has 0 aliphatic rings. The molecule has 21 heavy (non-hydrogen) atoms. The van der Waals surface area contributed by atoms with Crippen LogP contribution in [0.5, 0.6) is 0 Å². The van der Waals surface area contributed by atoms with Gasteiger partial charge in [-0.25, -0.2) is 4.79 Å². The molecule has 0 spiro atoms. The molecule has 0 saturated heterocycles. The second-order valence-electron chi connectivity index (χ2n) is 4.39. The predicted octanol–water partition coefficient (Wildman–Crippen LogP) is 3.08. The number of fused-ring (bicyclic) bond motifs is 1. The fourth-order valence-electron chi connectivity index (χ4n) is 2.00. The van der Waals surface area contributed by atoms with Gasteiger partial charge in [0.15, 0.2) is 5.82 Å². The number of H-pyrrole nitrogens is 1. The Morgan fingerprint density at radius 3 is 2.86 bits per heavy atom. The molecule has 0 unspecified atom stereocenters. The molecule has 0 atom stereocenters. The summed E-state index contributed by atoms with van der Waals surface area (Å²) in [7, 11) is 0. The smallest absolute Gasteiger partial charge is 0.308 e. The van der Waals surface area contributed by atoms with Crippen LogP contribution in [-0.4, -0.2) is 16.2 Å². The van der Waals surface area contributed by atoms with Crippen LogP contribution in [0, 0.1) is 11.3 Å². The molecule has 1 aromatic heterocycles. The lowest BCUT2D eigenvalue weighted by molar-refractivity contribution is 0.262. The Bertz CT molecular complexity index is 846. The minimum Gasteiger partial charge on any atom is -0.308 e. The van der Waals surface area contributed by atoms with Gasteiger partial charge in [0.05, 0.1) is 17.1 Å². The van der Waals surface area contributed by atoms with Gasteiger partial charge in [0.1, 0.15) is 0 Å². The lowest BCUT2D eigenvalue weighted by Gasteiger charge is -2.06. The molecule has 0 aliphatic heterocycles. The molecule has 3 N–H and O–H groups in total. The molecule has 0 radical (unpaired) electrons. The van der Waals surface area contributed by atoms with Crippen LogP contribution in [0.25, 0.3) is 10.9 Å². The largest absolute Gasteiger partial charge is 0.324 e. The first-order valence-corrected chi connectivity index (χ1v) is 6.27. The molecular weight excluding hydrogens is 266 g/mol. The van der Waals surface area contributed by atoms with E-state index in [0.717, 1.165) is 10.9 Å². The van der Waals surface area contributed by atoms with E-state index in [1.54, 1.807) is 24.3 Å². The number of carbonyl (C=O) groups excluding carboxylic acids is 1. The highest BCUT2D eigenvalue weighted by atomic mass is 16.2. The molecule has 2 aromatic carbocycles. The van der Waals surface area contributed by atoms with E-state index in [1.165, 1.54) is 0 Å². The highest BCUT2D eigenvalue weighted by Crippen LogP contribution is 2.19. The van der Waals surface area contributed by atoms with Gasteiger partial charge in [0.2, 0.25) is 0 Å². The topological polar surface area (TPSA) is 93.6 Å². The summed E-state index contributed by atoms with van der Waals surface area (Å²) >= 11 is 0. The van der Waals surface area contributed by atoms with Crippen molar-refractivity contribution in [2.24, 2.45) is 0 Å². The van der Waals surface area contributed by atoms with E-state index in [1.807, 2.05) is 30.3 Å². The van der Waals surface area contributed by atoms with Crippen LogP contribution >= 0.6 is 0 Å². The van der Waals surface area contributed by atoms with E-state index >= 15 is 0 Å². The van der Waals surface area contributed by atoms with Crippen molar-refractivity contribution >= 4 is 28.4 Å². The maximum Gasteiger partial charge on any atom is 0.324 e. The minimum absolute atomic E-state index is 0.414. The fourth-order valence-corrected chi connectivity index (χ4v) is 2.00. The molecule has 3 rings (SSSR count). The number of para-hydroxylation sites is 1. The number of anilines is 2. The van der Waals surface area contributed by atoms with Crippen molar-refractivity contribution in [1.29, 1.82) is 5.26 Å². The van der Waals surface area contributed by atoms with Crippen LogP contribution in [0.15, 0.2) is 48.5 Å². The lowest BCUT2D eigenvalue weighted by Crippen LogP contribution is -2.19. The molecule has 0 saturated carbocycles. The van der Waals surface area contributed by atoms with E-state index in [0.29, 0.717) is 17.1 Å². The molecular formula is C15H11N5O. The molecule has 1 heterocycles. The summed E-state index contributed by atoms with van der Waals surface area (Å²) in [5.41, 5.74) is 1.88. The number of hydrogen-bond donors (Lipinski definition) is 3. The van der Waals surface area contributed by atoms with Gasteiger partial charge >= 0.3 is 6.03 Å². The fraction of sp³-hybridized carbons (Fsp3) is 0. The minimum atomic E-state index is -0.414. The van der Waals surface area contributed by atoms with Crippen molar-refractivity contribution in [3.05, 3.63) is 54.1 Å². The summed E-state index contributed by atoms with van der Waals surface area (Å²) in [6.45, 7) is 0. The van der Waals surface area contributed by atoms with Crippen molar-refractivity contribution in [2.45, 2.75) is 0 Å². The van der Waals surface area contributed by atoms with Crippen LogP contribution in [0.1, 0.15) is 5.56 Å². The second kappa shape index (κ2) is 5.35. The summed E-state index contributed by atoms with van der Waals surface area (Å²) in [6.07, 6.45) is 0. The third-order valence-electron chi connectivity index (χ3n) is 2.95. The van der Waals surface area contributed by atoms with Crippen LogP contribution < -0.4 is 10.6 Å². The van der Waals surface area contributed by atoms with Gasteiger partial charge in [-0.3, -0.25) is 10.4 Å². The van der Waals surface area contributed by atoms with Crippen molar-refractivity contribution in [2.75, 3.05) is 10.6 Å². The molecule has 6 nitrogen and oxygen atoms in total. The zero-order valence-electron chi connectivity index (χ0n) is 10.9. The molecule has 0 aliphatic carbocycles. The van der Waals surface area contributed by atoms with Gasteiger partial charge in [0, 0.05) is 11.1 Å². The first kappa shape index (κ1) is 12.7. The van der Waals surface area contributed by atoms with Crippen LogP contribution in [-0.2, 0) is 0 Å². The van der Waals surface area contributed by atoms with E-state index in [4.69, 9.17) is 5.26 Å². The highest BCUT2D eigenvalue weighted by Gasteiger charge is 2.09. The zero-order valence-corrected chi connectivity index (χ0v) is 10.9. The van der Waals surface area contributed by atoms with Crippen LogP contribution in [0.3, 0.4) is 0 Å². The number of nitrogens with zero attached hydrogens (tertiary/aromatic N) is 2. The van der Waals surface area contributed by atoms with Gasteiger partial charge in [-0.05, 0) is 30.3 Å². The number of benzene rings is 2. The molecule has 3 aromatic rings. The average molecular weight is 277 g/mol. The normalized spacial score (nSPS) is 10.0. The van der Waals surface area contributed by atoms with Gasteiger partial charge in [-0.15, -0.1) is 0 Å². The number of nitrogens with one attached hydrogen (secondary N) is 3. The molecule has 0 fully saturated rings. The second-order valence-corrected chi connectivity index (χ2v) is 4.39. The van der Waals surface area contributed by atoms with Crippen LogP contribution in [0.4, 0.5) is 16.3 Å². The SMILES string of the molecule is N#Cc1cccc(NC(=O)Nc2n[nH]c3ccccc23)c1. The number of hydrogen-bond acceptors (Lipinski definition) is 3. The standard InChI is InChI=1S/C15H11N5O/c16-9-10-4-3-5-11(8-10)17-15(21)18-14-12-6-1-2-7-13(12)19-20-14/h1-8H,(H3,17,18,19,20,21). The van der Waals surface area contributed by atoms with Crippen molar-refractivity contribution in [3.63, 3.8) is 0 Å². The van der Waals surface area contributed by atoms with Crippen molar-refractivity contribution in [3.8, 4) is 6.07 Å². The van der Waals surface area contributed by atoms with E-state index in [9.17, 15) is 4.79 Å². The summed E-state index contributed by atoms with van der Waals surface area (Å²) in [6, 6.07) is 15.8. The number of nitriles is 1. The van der Waals surface area contributed by atoms with Gasteiger partial charge in [-0.2, -0.15) is 10.4 Å². The Morgan fingerprint density at radius 2 is 2.00 bits per heavy atom. The summed E-state index contributed by atoms with van der Waals surface area (Å²) in [5, 5.41) is 21.9. The van der Waals surface area contributed by atoms with Crippen LogP contribution in [0.2, 0.25) is 0 Å². The maximum atomic E-state index is 12.0.